The van der Waals surface area contributed by atoms with E-state index < -0.39 is 0 Å². The van der Waals surface area contributed by atoms with Crippen molar-refractivity contribution in [1.82, 2.24) is 0 Å². The van der Waals surface area contributed by atoms with Gasteiger partial charge in [0.25, 0.3) is 5.91 Å². The molecule has 0 aliphatic carbocycles. The van der Waals surface area contributed by atoms with Crippen LogP contribution in [0.25, 0.3) is 0 Å². The minimum Gasteiger partial charge on any atom is -0.332 e. The Morgan fingerprint density at radius 2 is 1.71 bits per heavy atom. The zero-order valence-corrected chi connectivity index (χ0v) is 16.3. The van der Waals surface area contributed by atoms with Gasteiger partial charge in [0, 0.05) is 17.7 Å². The lowest BCUT2D eigenvalue weighted by Crippen LogP contribution is -2.87. The quantitative estimate of drug-likeness (QED) is 0.644. The van der Waals surface area contributed by atoms with Crippen molar-refractivity contribution in [2.24, 2.45) is 0 Å². The Morgan fingerprint density at radius 1 is 1.00 bits per heavy atom. The van der Waals surface area contributed by atoms with Gasteiger partial charge in [0.2, 0.25) is 0 Å². The first kappa shape index (κ1) is 19.8. The fourth-order valence-corrected chi connectivity index (χ4v) is 3.20. The van der Waals surface area contributed by atoms with Gasteiger partial charge in [-0.15, -0.1) is 0 Å². The summed E-state index contributed by atoms with van der Waals surface area (Å²) in [6.45, 7) is 4.73. The van der Waals surface area contributed by atoms with Crippen LogP contribution in [0, 0.1) is 19.7 Å². The van der Waals surface area contributed by atoms with Gasteiger partial charge in [-0.1, -0.05) is 54.6 Å². The molecule has 28 heavy (non-hydrogen) atoms. The standard InChI is InChI=1S/C24H25FN2O/c1-17-8-9-18(2)22(16-17)27-24(28)23(20-6-4-3-5-7-20)26-15-14-19-10-12-21(25)13-11-19/h3-13,16,23,26H,14-15H2,1-2H3,(H,27,28)/p+1/t23-/m1/s1. The number of hydrogen-bond acceptors (Lipinski definition) is 1. The lowest BCUT2D eigenvalue weighted by atomic mass is 10.0. The second kappa shape index (κ2) is 9.29. The minimum atomic E-state index is -0.346. The van der Waals surface area contributed by atoms with Crippen LogP contribution in [0.15, 0.2) is 72.8 Å². The number of carbonyl (C=O) groups is 1. The maximum absolute atomic E-state index is 13.1. The van der Waals surface area contributed by atoms with E-state index in [0.29, 0.717) is 0 Å². The molecule has 0 saturated heterocycles. The van der Waals surface area contributed by atoms with Crippen molar-refractivity contribution in [3.8, 4) is 0 Å². The number of benzene rings is 3. The van der Waals surface area contributed by atoms with Gasteiger partial charge in [0.15, 0.2) is 6.04 Å². The van der Waals surface area contributed by atoms with Crippen LogP contribution in [0.2, 0.25) is 0 Å². The molecule has 3 N–H and O–H groups in total. The summed E-state index contributed by atoms with van der Waals surface area (Å²) >= 11 is 0. The molecule has 3 aromatic carbocycles. The zero-order valence-electron chi connectivity index (χ0n) is 16.3. The van der Waals surface area contributed by atoms with E-state index in [0.717, 1.165) is 40.9 Å². The van der Waals surface area contributed by atoms with Gasteiger partial charge in [-0.2, -0.15) is 0 Å². The molecule has 0 radical (unpaired) electrons. The number of aryl methyl sites for hydroxylation is 2. The largest absolute Gasteiger partial charge is 0.332 e. The third kappa shape index (κ3) is 5.27. The monoisotopic (exact) mass is 377 g/mol. The van der Waals surface area contributed by atoms with Crippen LogP contribution in [-0.2, 0) is 11.2 Å². The highest BCUT2D eigenvalue weighted by atomic mass is 19.1. The molecule has 3 nitrogen and oxygen atoms in total. The zero-order chi connectivity index (χ0) is 19.9. The van der Waals surface area contributed by atoms with Crippen LogP contribution in [0.5, 0.6) is 0 Å². The summed E-state index contributed by atoms with van der Waals surface area (Å²) in [5, 5.41) is 5.13. The summed E-state index contributed by atoms with van der Waals surface area (Å²) < 4.78 is 13.1. The summed E-state index contributed by atoms with van der Waals surface area (Å²) in [5.41, 5.74) is 5.01. The number of quaternary nitrogens is 1. The Bertz CT molecular complexity index is 923. The van der Waals surface area contributed by atoms with Gasteiger partial charge < -0.3 is 10.6 Å². The Balaban J connectivity index is 1.72. The summed E-state index contributed by atoms with van der Waals surface area (Å²) in [6.07, 6.45) is 0.764. The number of nitrogens with two attached hydrogens (primary N) is 1. The number of halogens is 1. The van der Waals surface area contributed by atoms with Crippen molar-refractivity contribution in [2.45, 2.75) is 26.3 Å². The minimum absolute atomic E-state index is 0.0426. The lowest BCUT2D eigenvalue weighted by Gasteiger charge is -2.17. The van der Waals surface area contributed by atoms with Crippen molar-refractivity contribution in [3.05, 3.63) is 101 Å². The fourth-order valence-electron chi connectivity index (χ4n) is 3.20. The molecule has 144 valence electrons. The topological polar surface area (TPSA) is 45.7 Å². The normalized spacial score (nSPS) is 11.8. The molecule has 0 spiro atoms. The molecule has 3 rings (SSSR count). The molecule has 4 heteroatoms. The van der Waals surface area contributed by atoms with Gasteiger partial charge in [0.05, 0.1) is 6.54 Å². The van der Waals surface area contributed by atoms with Crippen molar-refractivity contribution < 1.29 is 14.5 Å². The van der Waals surface area contributed by atoms with Crippen molar-refractivity contribution in [3.63, 3.8) is 0 Å². The molecular weight excluding hydrogens is 351 g/mol. The fraction of sp³-hybridized carbons (Fsp3) is 0.208. The molecule has 0 aromatic heterocycles. The molecule has 3 aromatic rings. The van der Waals surface area contributed by atoms with Crippen molar-refractivity contribution in [1.29, 1.82) is 0 Å². The van der Waals surface area contributed by atoms with Crippen LogP contribution >= 0.6 is 0 Å². The first-order valence-electron chi connectivity index (χ1n) is 9.54. The molecule has 0 aliphatic heterocycles. The predicted octanol–water partition coefficient (Wildman–Crippen LogP) is 3.93. The maximum atomic E-state index is 13.1. The lowest BCUT2D eigenvalue weighted by molar-refractivity contribution is -0.682. The maximum Gasteiger partial charge on any atom is 0.287 e. The van der Waals surface area contributed by atoms with Gasteiger partial charge >= 0.3 is 0 Å². The van der Waals surface area contributed by atoms with Crippen molar-refractivity contribution in [2.75, 3.05) is 11.9 Å². The SMILES string of the molecule is Cc1ccc(C)c(NC(=O)[C@H]([NH2+]CCc2ccc(F)cc2)c2ccccc2)c1. The summed E-state index contributed by atoms with van der Waals surface area (Å²) in [5.74, 6) is -0.276. The van der Waals surface area contributed by atoms with Crippen LogP contribution in [0.4, 0.5) is 10.1 Å². The first-order chi connectivity index (χ1) is 13.5. The second-order valence-corrected chi connectivity index (χ2v) is 7.10. The second-order valence-electron chi connectivity index (χ2n) is 7.10. The van der Waals surface area contributed by atoms with E-state index in [2.05, 4.69) is 5.32 Å². The van der Waals surface area contributed by atoms with Gasteiger partial charge in [-0.25, -0.2) is 4.39 Å². The van der Waals surface area contributed by atoms with E-state index in [9.17, 15) is 9.18 Å². The van der Waals surface area contributed by atoms with E-state index in [1.807, 2.05) is 67.7 Å². The number of nitrogens with one attached hydrogen (secondary N) is 1. The molecule has 1 amide bonds. The van der Waals surface area contributed by atoms with E-state index in [4.69, 9.17) is 0 Å². The number of anilines is 1. The predicted molar refractivity (Wildman–Crippen MR) is 111 cm³/mol. The summed E-state index contributed by atoms with van der Waals surface area (Å²) in [6, 6.07) is 22.0. The van der Waals surface area contributed by atoms with Crippen LogP contribution in [0.3, 0.4) is 0 Å². The Kier molecular flexibility index (Phi) is 6.56. The smallest absolute Gasteiger partial charge is 0.287 e. The summed E-state index contributed by atoms with van der Waals surface area (Å²) in [7, 11) is 0. The Hall–Kier alpha value is -2.98. The number of rotatable bonds is 7. The molecule has 0 aliphatic rings. The Morgan fingerprint density at radius 3 is 2.43 bits per heavy atom. The van der Waals surface area contributed by atoms with Gasteiger partial charge in [-0.05, 0) is 48.7 Å². The molecule has 0 heterocycles. The molecule has 1 atom stereocenters. The highest BCUT2D eigenvalue weighted by Crippen LogP contribution is 2.18. The third-order valence-corrected chi connectivity index (χ3v) is 4.84. The molecule has 0 bridgehead atoms. The average Bonchev–Trinajstić information content (AvgIpc) is 2.70. The number of amides is 1. The van der Waals surface area contributed by atoms with Gasteiger partial charge in [-0.3, -0.25) is 4.79 Å². The summed E-state index contributed by atoms with van der Waals surface area (Å²) in [4.78, 5) is 13.1. The van der Waals surface area contributed by atoms with E-state index >= 15 is 0 Å². The van der Waals surface area contributed by atoms with Crippen molar-refractivity contribution >= 4 is 11.6 Å². The highest BCUT2D eigenvalue weighted by molar-refractivity contribution is 5.95. The highest BCUT2D eigenvalue weighted by Gasteiger charge is 2.24. The number of carbonyl (C=O) groups excluding carboxylic acids is 1. The third-order valence-electron chi connectivity index (χ3n) is 4.84. The van der Waals surface area contributed by atoms with Crippen LogP contribution in [-0.4, -0.2) is 12.5 Å². The van der Waals surface area contributed by atoms with Gasteiger partial charge in [0.1, 0.15) is 5.82 Å². The first-order valence-corrected chi connectivity index (χ1v) is 9.54. The van der Waals surface area contributed by atoms with Crippen LogP contribution < -0.4 is 10.6 Å². The molecule has 0 fully saturated rings. The average molecular weight is 377 g/mol. The molecular formula is C24H26FN2O+. The van der Waals surface area contributed by atoms with E-state index in [-0.39, 0.29) is 17.8 Å². The Labute approximate surface area is 165 Å². The molecule has 0 unspecified atom stereocenters. The van der Waals surface area contributed by atoms with Crippen LogP contribution in [0.1, 0.15) is 28.3 Å². The molecule has 0 saturated carbocycles. The number of hydrogen-bond donors (Lipinski definition) is 2. The van der Waals surface area contributed by atoms with E-state index in [1.54, 1.807) is 12.1 Å². The van der Waals surface area contributed by atoms with E-state index in [1.165, 1.54) is 12.1 Å².